The van der Waals surface area contributed by atoms with Gasteiger partial charge in [-0.05, 0) is 6.07 Å². The molecule has 0 aromatic heterocycles. The average Bonchev–Trinajstić information content (AvgIpc) is 2.21. The lowest BCUT2D eigenvalue weighted by atomic mass is 9.79. The maximum atomic E-state index is 12.8. The molecule has 1 rings (SSSR count). The first-order valence-electron chi connectivity index (χ1n) is 4.86. The van der Waals surface area contributed by atoms with Crippen molar-refractivity contribution in [1.82, 2.24) is 0 Å². The van der Waals surface area contributed by atoms with Crippen molar-refractivity contribution in [3.63, 3.8) is 0 Å². The minimum Gasteiger partial charge on any atom is -0.470 e. The van der Waals surface area contributed by atoms with Gasteiger partial charge in [0.05, 0.1) is 5.75 Å². The first-order valence-corrected chi connectivity index (χ1v) is 4.86. The van der Waals surface area contributed by atoms with Crippen LogP contribution in [0.15, 0.2) is 18.2 Å². The van der Waals surface area contributed by atoms with Gasteiger partial charge in [0.15, 0.2) is 6.79 Å². The molecule has 0 saturated carbocycles. The highest BCUT2D eigenvalue weighted by Crippen LogP contribution is 2.19. The summed E-state index contributed by atoms with van der Waals surface area (Å²) in [7, 11) is 0. The Morgan fingerprint density at radius 3 is 2.26 bits per heavy atom. The van der Waals surface area contributed by atoms with Crippen molar-refractivity contribution in [3.8, 4) is 5.75 Å². The van der Waals surface area contributed by atoms with E-state index in [1.165, 1.54) is 0 Å². The van der Waals surface area contributed by atoms with Crippen LogP contribution < -0.4 is 10.2 Å². The predicted molar refractivity (Wildman–Crippen MR) is 52.6 cm³/mol. The normalized spacial score (nSPS) is 12.6. The van der Waals surface area contributed by atoms with E-state index in [2.05, 4.69) is 9.47 Å². The number of hydrogen-bond donors (Lipinski definition) is 0. The van der Waals surface area contributed by atoms with Gasteiger partial charge in [-0.3, -0.25) is 0 Å². The highest BCUT2D eigenvalue weighted by Gasteiger charge is 2.30. The van der Waals surface area contributed by atoms with Gasteiger partial charge in [0.2, 0.25) is 0 Å². The van der Waals surface area contributed by atoms with Gasteiger partial charge in [-0.15, -0.1) is 0 Å². The Kier molecular flexibility index (Phi) is 4.67. The van der Waals surface area contributed by atoms with Gasteiger partial charge in [-0.1, -0.05) is 11.5 Å². The van der Waals surface area contributed by atoms with Crippen LogP contribution in [0.3, 0.4) is 0 Å². The summed E-state index contributed by atoms with van der Waals surface area (Å²) in [4.78, 5) is 0. The molecule has 1 aromatic rings. The van der Waals surface area contributed by atoms with Gasteiger partial charge in [0.25, 0.3) is 0 Å². The number of halogens is 7. The highest BCUT2D eigenvalue weighted by molar-refractivity contribution is 6.74. The molecule has 0 unspecified atom stereocenters. The van der Waals surface area contributed by atoms with Crippen molar-refractivity contribution in [1.29, 1.82) is 0 Å². The van der Waals surface area contributed by atoms with Crippen LogP contribution >= 0.6 is 0 Å². The third-order valence-corrected chi connectivity index (χ3v) is 1.89. The zero-order valence-electron chi connectivity index (χ0n) is 9.19. The van der Waals surface area contributed by atoms with Gasteiger partial charge < -0.3 is 22.4 Å². The van der Waals surface area contributed by atoms with E-state index >= 15 is 0 Å². The molecule has 108 valence electrons. The summed E-state index contributed by atoms with van der Waals surface area (Å²) >= 11 is 0. The maximum absolute atomic E-state index is 12.8. The van der Waals surface area contributed by atoms with Crippen molar-refractivity contribution in [3.05, 3.63) is 24.0 Å². The van der Waals surface area contributed by atoms with Crippen molar-refractivity contribution in [2.24, 2.45) is 0 Å². The van der Waals surface area contributed by atoms with E-state index in [1.54, 1.807) is 0 Å². The highest BCUT2D eigenvalue weighted by atomic mass is 19.4. The van der Waals surface area contributed by atoms with Crippen LogP contribution in [0.25, 0.3) is 0 Å². The van der Waals surface area contributed by atoms with Crippen LogP contribution in [0.4, 0.5) is 30.5 Å². The summed E-state index contributed by atoms with van der Waals surface area (Å²) < 4.78 is 93.8. The van der Waals surface area contributed by atoms with Crippen LogP contribution in [-0.4, -0.2) is 26.6 Å². The first-order chi connectivity index (χ1) is 8.59. The van der Waals surface area contributed by atoms with Crippen LogP contribution in [0.2, 0.25) is 0 Å². The van der Waals surface area contributed by atoms with E-state index in [1.807, 2.05) is 0 Å². The lowest BCUT2D eigenvalue weighted by Crippen LogP contribution is -2.35. The lowest BCUT2D eigenvalue weighted by Gasteiger charge is -2.19. The fourth-order valence-electron chi connectivity index (χ4n) is 1.17. The molecule has 1 aromatic carbocycles. The second-order valence-electron chi connectivity index (χ2n) is 3.48. The SMILES string of the molecule is Fc1ccc([B-](F)(F)F)c(OCOCC(F)(F)F)c1. The third kappa shape index (κ3) is 5.37. The Labute approximate surface area is 103 Å². The van der Waals surface area contributed by atoms with E-state index in [0.29, 0.717) is 18.2 Å². The van der Waals surface area contributed by atoms with E-state index in [9.17, 15) is 30.5 Å². The topological polar surface area (TPSA) is 18.5 Å². The Bertz CT molecular complexity index is 430. The van der Waals surface area contributed by atoms with Crippen LogP contribution in [-0.2, 0) is 4.74 Å². The van der Waals surface area contributed by atoms with Gasteiger partial charge in [0, 0.05) is 6.07 Å². The van der Waals surface area contributed by atoms with E-state index < -0.39 is 43.6 Å². The molecule has 19 heavy (non-hydrogen) atoms. The molecule has 0 bridgehead atoms. The number of hydrogen-bond acceptors (Lipinski definition) is 2. The summed E-state index contributed by atoms with van der Waals surface area (Å²) in [6.07, 6.45) is -4.62. The Balaban J connectivity index is 2.69. The van der Waals surface area contributed by atoms with Crippen LogP contribution in [0, 0.1) is 5.82 Å². The Morgan fingerprint density at radius 1 is 1.11 bits per heavy atom. The van der Waals surface area contributed by atoms with Crippen molar-refractivity contribution in [2.75, 3.05) is 13.4 Å². The molecule has 10 heteroatoms. The second kappa shape index (κ2) is 5.68. The largest absolute Gasteiger partial charge is 0.513 e. The Hall–Kier alpha value is -1.45. The molecule has 2 nitrogen and oxygen atoms in total. The summed E-state index contributed by atoms with van der Waals surface area (Å²) in [5.74, 6) is -1.91. The molecule has 0 fully saturated rings. The monoisotopic (exact) mass is 291 g/mol. The number of rotatable bonds is 5. The van der Waals surface area contributed by atoms with E-state index in [-0.39, 0.29) is 0 Å². The summed E-state index contributed by atoms with van der Waals surface area (Å²) in [6, 6.07) is 1.46. The number of ether oxygens (including phenoxy) is 2. The fourth-order valence-corrected chi connectivity index (χ4v) is 1.17. The summed E-state index contributed by atoms with van der Waals surface area (Å²) in [5, 5.41) is 0. The molecule has 0 amide bonds. The molecule has 0 N–H and O–H groups in total. The summed E-state index contributed by atoms with van der Waals surface area (Å²) in [6.45, 7) is -8.21. The average molecular weight is 291 g/mol. The second-order valence-corrected chi connectivity index (χ2v) is 3.48. The van der Waals surface area contributed by atoms with Gasteiger partial charge in [-0.25, -0.2) is 4.39 Å². The molecular weight excluding hydrogens is 284 g/mol. The molecular formula is C9H7BF7O2-. The number of benzene rings is 1. The van der Waals surface area contributed by atoms with E-state index in [4.69, 9.17) is 0 Å². The van der Waals surface area contributed by atoms with Crippen molar-refractivity contribution < 1.29 is 40.0 Å². The molecule has 0 aliphatic carbocycles. The van der Waals surface area contributed by atoms with Crippen molar-refractivity contribution >= 4 is 12.4 Å². The standard InChI is InChI=1S/C9H7BF7O2/c11-6-1-2-7(10(15,16)17)8(3-6)19-5-18-4-9(12,13)14/h1-3H,4-5H2/q-1. The third-order valence-electron chi connectivity index (χ3n) is 1.89. The van der Waals surface area contributed by atoms with Gasteiger partial charge in [-0.2, -0.15) is 13.2 Å². The molecule has 0 radical (unpaired) electrons. The molecule has 0 spiro atoms. The predicted octanol–water partition coefficient (Wildman–Crippen LogP) is 2.80. The summed E-state index contributed by atoms with van der Waals surface area (Å²) in [5.41, 5.74) is -1.24. The van der Waals surface area contributed by atoms with Crippen molar-refractivity contribution in [2.45, 2.75) is 6.18 Å². The zero-order valence-corrected chi connectivity index (χ0v) is 9.19. The van der Waals surface area contributed by atoms with Crippen LogP contribution in [0.5, 0.6) is 5.75 Å². The minimum atomic E-state index is -5.47. The zero-order chi connectivity index (χ0) is 14.7. The molecule has 0 heterocycles. The Morgan fingerprint density at radius 2 is 1.74 bits per heavy atom. The fraction of sp³-hybridized carbons (Fsp3) is 0.333. The molecule has 0 aliphatic heterocycles. The smallest absolute Gasteiger partial charge is 0.470 e. The minimum absolute atomic E-state index is 0.432. The van der Waals surface area contributed by atoms with Crippen LogP contribution in [0.1, 0.15) is 0 Å². The van der Waals surface area contributed by atoms with E-state index in [0.717, 1.165) is 0 Å². The number of alkyl halides is 3. The van der Waals surface area contributed by atoms with Gasteiger partial charge in [0.1, 0.15) is 12.4 Å². The molecule has 0 saturated heterocycles. The molecule has 0 atom stereocenters. The molecule has 0 aliphatic rings. The maximum Gasteiger partial charge on any atom is 0.513 e. The first kappa shape index (κ1) is 15.6. The quantitative estimate of drug-likeness (QED) is 0.359. The van der Waals surface area contributed by atoms with Gasteiger partial charge >= 0.3 is 13.2 Å². The lowest BCUT2D eigenvalue weighted by molar-refractivity contribution is -0.186.